The minimum atomic E-state index is -4.93. The molecule has 2 unspecified atom stereocenters. The molecule has 0 bridgehead atoms. The monoisotopic (exact) mass is 587 g/mol. The first-order valence-electron chi connectivity index (χ1n) is 13.2. The molecule has 0 aliphatic rings. The van der Waals surface area contributed by atoms with Crippen molar-refractivity contribution >= 4 is 38.9 Å². The van der Waals surface area contributed by atoms with Gasteiger partial charge in [-0.15, -0.1) is 0 Å². The van der Waals surface area contributed by atoms with Crippen LogP contribution in [0.1, 0.15) is 70.3 Å². The van der Waals surface area contributed by atoms with Gasteiger partial charge in [-0.3, -0.25) is 23.8 Å². The minimum Gasteiger partial charge on any atom is -0.463 e. The number of nitrogens with two attached hydrogens (primary N) is 1. The number of nitrogens with zero attached hydrogens (tertiary/aromatic N) is 3. The molecule has 11 nitrogen and oxygen atoms in total. The van der Waals surface area contributed by atoms with E-state index in [9.17, 15) is 23.0 Å². The van der Waals surface area contributed by atoms with Crippen LogP contribution in [0.5, 0.6) is 0 Å². The summed E-state index contributed by atoms with van der Waals surface area (Å²) in [6.07, 6.45) is 12.1. The number of phosphoric ester groups is 1. The van der Waals surface area contributed by atoms with Gasteiger partial charge in [-0.25, -0.2) is 18.3 Å². The number of hydrogen-bond donors (Lipinski definition) is 3. The summed E-state index contributed by atoms with van der Waals surface area (Å²) in [4.78, 5) is 34.1. The van der Waals surface area contributed by atoms with E-state index in [4.69, 9.17) is 24.9 Å². The topological polar surface area (TPSA) is 169 Å². The number of ether oxygens (including phenoxy) is 1. The van der Waals surface area contributed by atoms with Gasteiger partial charge in [0, 0.05) is 36.9 Å². The molecular weight excluding hydrogens is 547 g/mol. The van der Waals surface area contributed by atoms with E-state index in [1.54, 1.807) is 0 Å². The van der Waals surface area contributed by atoms with Gasteiger partial charge in [0.15, 0.2) is 0 Å². The summed E-state index contributed by atoms with van der Waals surface area (Å²) in [5, 5.41) is 7.12. The van der Waals surface area contributed by atoms with Gasteiger partial charge >= 0.3 is 13.8 Å². The standard InChI is InChI=1S/C26H40F2N5O6P/c1-2-3-4-5-6-7-8-10-25(34)37-15-16-38-40(35,36)39-26(18-31-14-9-13-29,19-32-21-33-20-30)23-12-11-22(27)17-24(23)28/h11-14,17,20-21,29H,2-10,15-16,18-19H2,1H3,(H,35,36)(H2,30,32,33). The van der Waals surface area contributed by atoms with Crippen LogP contribution in [0, 0.1) is 17.0 Å². The van der Waals surface area contributed by atoms with Gasteiger partial charge < -0.3 is 20.8 Å². The SMILES string of the molecule is CCCCCCCCCC(=O)OCCOP(=O)(O)OC(CN=CCC=N)(CN=CN=CN)c1ccc(F)cc1F. The number of benzene rings is 1. The second-order valence-corrected chi connectivity index (χ2v) is 10.2. The molecule has 1 aromatic carbocycles. The quantitative estimate of drug-likeness (QED) is 0.0557. The van der Waals surface area contributed by atoms with Crippen molar-refractivity contribution in [2.24, 2.45) is 20.7 Å². The number of esters is 1. The molecule has 0 aliphatic heterocycles. The molecule has 0 saturated heterocycles. The van der Waals surface area contributed by atoms with Gasteiger partial charge in [0.05, 0.1) is 26.0 Å². The summed E-state index contributed by atoms with van der Waals surface area (Å²) in [5.41, 5.74) is 2.85. The number of nitrogens with one attached hydrogen (secondary N) is 1. The molecule has 2 atom stereocenters. The molecule has 0 radical (unpaired) electrons. The summed E-state index contributed by atoms with van der Waals surface area (Å²) in [6.45, 7) is 0.456. The number of halogens is 2. The Bertz CT molecular complexity index is 1040. The third kappa shape index (κ3) is 14.5. The fraction of sp³-hybridized carbons (Fsp3) is 0.577. The molecule has 1 rings (SSSR count). The first-order valence-corrected chi connectivity index (χ1v) is 14.7. The number of phosphoric acid groups is 1. The maximum atomic E-state index is 14.9. The van der Waals surface area contributed by atoms with E-state index in [0.717, 1.165) is 50.3 Å². The molecular formula is C26H40F2N5O6P. The van der Waals surface area contributed by atoms with Crippen molar-refractivity contribution < 1.29 is 36.8 Å². The molecule has 0 aromatic heterocycles. The highest BCUT2D eigenvalue weighted by Gasteiger charge is 2.43. The zero-order valence-corrected chi connectivity index (χ0v) is 23.7. The largest absolute Gasteiger partial charge is 0.473 e. The highest BCUT2D eigenvalue weighted by atomic mass is 31.2. The van der Waals surface area contributed by atoms with E-state index in [0.29, 0.717) is 12.5 Å². The van der Waals surface area contributed by atoms with Crippen molar-refractivity contribution in [3.63, 3.8) is 0 Å². The van der Waals surface area contributed by atoms with Gasteiger partial charge in [-0.2, -0.15) is 0 Å². The lowest BCUT2D eigenvalue weighted by Gasteiger charge is -2.32. The lowest BCUT2D eigenvalue weighted by molar-refractivity contribution is -0.144. The molecule has 0 heterocycles. The lowest BCUT2D eigenvalue weighted by Crippen LogP contribution is -2.37. The fourth-order valence-corrected chi connectivity index (χ4v) is 4.67. The highest BCUT2D eigenvalue weighted by Crippen LogP contribution is 2.51. The predicted molar refractivity (Wildman–Crippen MR) is 151 cm³/mol. The Labute approximate surface area is 234 Å². The highest BCUT2D eigenvalue weighted by molar-refractivity contribution is 7.47. The molecule has 0 saturated carbocycles. The number of carbonyl (C=O) groups is 1. The minimum absolute atomic E-state index is 0.139. The Hall–Kier alpha value is -2.86. The average Bonchev–Trinajstić information content (AvgIpc) is 2.90. The van der Waals surface area contributed by atoms with Crippen LogP contribution >= 0.6 is 7.82 Å². The van der Waals surface area contributed by atoms with Crippen LogP contribution in [-0.4, -0.2) is 62.3 Å². The second-order valence-electron chi connectivity index (χ2n) is 8.82. The van der Waals surface area contributed by atoms with Crippen molar-refractivity contribution in [1.82, 2.24) is 0 Å². The molecule has 0 fully saturated rings. The predicted octanol–water partition coefficient (Wildman–Crippen LogP) is 5.10. The zero-order chi connectivity index (χ0) is 29.7. The van der Waals surface area contributed by atoms with E-state index >= 15 is 0 Å². The lowest BCUT2D eigenvalue weighted by atomic mass is 9.93. The molecule has 0 amide bonds. The number of aliphatic imine (C=N–C) groups is 3. The van der Waals surface area contributed by atoms with Crippen LogP contribution < -0.4 is 5.73 Å². The normalized spacial score (nSPS) is 15.0. The van der Waals surface area contributed by atoms with Crippen LogP contribution in [0.4, 0.5) is 8.78 Å². The van der Waals surface area contributed by atoms with Crippen LogP contribution in [0.15, 0.2) is 33.2 Å². The molecule has 40 heavy (non-hydrogen) atoms. The summed E-state index contributed by atoms with van der Waals surface area (Å²) in [6, 6.07) is 2.59. The van der Waals surface area contributed by atoms with Crippen LogP contribution in [0.25, 0.3) is 0 Å². The van der Waals surface area contributed by atoms with Gasteiger partial charge in [0.1, 0.15) is 30.2 Å². The van der Waals surface area contributed by atoms with Crippen LogP contribution in [0.3, 0.4) is 0 Å². The number of rotatable bonds is 22. The Morgan fingerprint density at radius 3 is 2.50 bits per heavy atom. The molecule has 14 heteroatoms. The maximum absolute atomic E-state index is 14.9. The van der Waals surface area contributed by atoms with Crippen LogP contribution in [0.2, 0.25) is 0 Å². The number of hydrogen-bond acceptors (Lipinski definition) is 8. The van der Waals surface area contributed by atoms with Gasteiger partial charge in [0.25, 0.3) is 0 Å². The van der Waals surface area contributed by atoms with E-state index in [-0.39, 0.29) is 25.0 Å². The van der Waals surface area contributed by atoms with Crippen molar-refractivity contribution in [2.75, 3.05) is 26.3 Å². The van der Waals surface area contributed by atoms with E-state index < -0.39 is 50.7 Å². The Balaban J connectivity index is 2.89. The maximum Gasteiger partial charge on any atom is 0.473 e. The Kier molecular flexibility index (Phi) is 17.7. The zero-order valence-electron chi connectivity index (χ0n) is 22.8. The smallest absolute Gasteiger partial charge is 0.463 e. The summed E-state index contributed by atoms with van der Waals surface area (Å²) in [5.74, 6) is -2.40. The van der Waals surface area contributed by atoms with Crippen molar-refractivity contribution in [2.45, 2.75) is 70.3 Å². The number of unbranched alkanes of at least 4 members (excludes halogenated alkanes) is 6. The van der Waals surface area contributed by atoms with Gasteiger partial charge in [-0.1, -0.05) is 51.5 Å². The van der Waals surface area contributed by atoms with E-state index in [1.165, 1.54) is 25.5 Å². The van der Waals surface area contributed by atoms with Crippen LogP contribution in [-0.2, 0) is 28.7 Å². The van der Waals surface area contributed by atoms with Crippen molar-refractivity contribution in [1.29, 1.82) is 5.41 Å². The third-order valence-electron chi connectivity index (χ3n) is 5.58. The first-order chi connectivity index (χ1) is 19.2. The second kappa shape index (κ2) is 20.1. The molecule has 0 aliphatic carbocycles. The molecule has 224 valence electrons. The van der Waals surface area contributed by atoms with Crippen molar-refractivity contribution in [3.8, 4) is 0 Å². The molecule has 0 spiro atoms. The number of carbonyl (C=O) groups excluding carboxylic acids is 1. The fourth-order valence-electron chi connectivity index (χ4n) is 3.65. The third-order valence-corrected chi connectivity index (χ3v) is 6.67. The Morgan fingerprint density at radius 1 is 1.12 bits per heavy atom. The summed E-state index contributed by atoms with van der Waals surface area (Å²) < 4.78 is 56.9. The van der Waals surface area contributed by atoms with Gasteiger partial charge in [-0.05, 0) is 12.5 Å². The first kappa shape index (κ1) is 35.2. The summed E-state index contributed by atoms with van der Waals surface area (Å²) >= 11 is 0. The average molecular weight is 588 g/mol. The summed E-state index contributed by atoms with van der Waals surface area (Å²) in [7, 11) is -4.93. The van der Waals surface area contributed by atoms with E-state index in [1.807, 2.05) is 0 Å². The van der Waals surface area contributed by atoms with Crippen molar-refractivity contribution in [3.05, 3.63) is 35.4 Å². The Morgan fingerprint density at radius 2 is 1.82 bits per heavy atom. The van der Waals surface area contributed by atoms with E-state index in [2.05, 4.69) is 21.9 Å². The molecule has 4 N–H and O–H groups in total. The molecule has 1 aromatic rings. The van der Waals surface area contributed by atoms with Gasteiger partial charge in [0.2, 0.25) is 0 Å².